The third-order valence-corrected chi connectivity index (χ3v) is 5.82. The van der Waals surface area contributed by atoms with Crippen LogP contribution in [-0.4, -0.2) is 22.9 Å². The van der Waals surface area contributed by atoms with Crippen LogP contribution < -0.4 is 0 Å². The Hall–Kier alpha value is -1.84. The predicted octanol–water partition coefficient (Wildman–Crippen LogP) is 5.73. The van der Waals surface area contributed by atoms with Crippen LogP contribution in [0.1, 0.15) is 77.9 Å². The molecule has 1 saturated carbocycles. The van der Waals surface area contributed by atoms with Crippen LogP contribution in [0.2, 0.25) is 0 Å². The van der Waals surface area contributed by atoms with Crippen molar-refractivity contribution in [3.05, 3.63) is 35.9 Å². The number of cyclic esters (lactones) is 1. The monoisotopic (exact) mass is 359 g/mol. The Kier molecular flexibility index (Phi) is 7.24. The summed E-state index contributed by atoms with van der Waals surface area (Å²) in [7, 11) is 0. The Morgan fingerprint density at radius 2 is 1.85 bits per heavy atom. The van der Waals surface area contributed by atoms with E-state index >= 15 is 0 Å². The number of rotatable bonds is 5. The fraction of sp³-hybridized carbons (Fsp3) is 0.636. The van der Waals surface area contributed by atoms with E-state index in [4.69, 9.17) is 4.74 Å². The lowest BCUT2D eigenvalue weighted by Crippen LogP contribution is -2.42. The quantitative estimate of drug-likeness (QED) is 0.674. The zero-order chi connectivity index (χ0) is 17.8. The van der Waals surface area contributed by atoms with Gasteiger partial charge in [0.2, 0.25) is 5.91 Å². The Labute approximate surface area is 157 Å². The molecule has 3 atom stereocenters. The average molecular weight is 360 g/mol. The molecule has 1 aromatic carbocycles. The second-order valence-corrected chi connectivity index (χ2v) is 7.51. The molecule has 26 heavy (non-hydrogen) atoms. The highest BCUT2D eigenvalue weighted by atomic mass is 16.6. The van der Waals surface area contributed by atoms with Gasteiger partial charge in [-0.2, -0.15) is 0 Å². The molecule has 1 heterocycles. The molecular formula is C22H33NO3. The van der Waals surface area contributed by atoms with Gasteiger partial charge >= 0.3 is 6.09 Å². The number of nitrogens with zero attached hydrogens (tertiary/aromatic N) is 1. The standard InChI is InChI=1S/C21H29NO3.CH4/c1-3-17(14-16-10-6-4-7-11-16)20(23)22-15(2)19(25-21(22)24)18-12-8-5-9-13-18;/h5,8-9,12-13,15-17,19H,3-4,6-7,10-11,14H2,1-2H3;1H4. The molecule has 4 nitrogen and oxygen atoms in total. The summed E-state index contributed by atoms with van der Waals surface area (Å²) in [6.45, 7) is 3.96. The lowest BCUT2D eigenvalue weighted by molar-refractivity contribution is -0.134. The highest BCUT2D eigenvalue weighted by Gasteiger charge is 2.45. The van der Waals surface area contributed by atoms with E-state index in [0.717, 1.165) is 18.4 Å². The van der Waals surface area contributed by atoms with Crippen LogP contribution in [0.25, 0.3) is 0 Å². The van der Waals surface area contributed by atoms with Crippen LogP contribution >= 0.6 is 0 Å². The van der Waals surface area contributed by atoms with Crippen molar-refractivity contribution in [2.75, 3.05) is 0 Å². The van der Waals surface area contributed by atoms with Crippen LogP contribution in [0.15, 0.2) is 30.3 Å². The van der Waals surface area contributed by atoms with Crippen molar-refractivity contribution in [2.45, 2.75) is 78.4 Å². The molecule has 1 aromatic rings. The SMILES string of the molecule is C.CCC(CC1CCCCC1)C(=O)N1C(=O)OC(c2ccccc2)C1C. The van der Waals surface area contributed by atoms with E-state index in [1.54, 1.807) is 0 Å². The third-order valence-electron chi connectivity index (χ3n) is 5.82. The van der Waals surface area contributed by atoms with Crippen molar-refractivity contribution in [3.63, 3.8) is 0 Å². The van der Waals surface area contributed by atoms with Gasteiger partial charge in [-0.15, -0.1) is 0 Å². The third kappa shape index (κ3) is 4.28. The van der Waals surface area contributed by atoms with E-state index in [1.165, 1.54) is 37.0 Å². The van der Waals surface area contributed by atoms with Gasteiger partial charge in [0, 0.05) is 5.92 Å². The van der Waals surface area contributed by atoms with Crippen molar-refractivity contribution < 1.29 is 14.3 Å². The predicted molar refractivity (Wildman–Crippen MR) is 104 cm³/mol. The molecule has 2 amide bonds. The fourth-order valence-electron chi connectivity index (χ4n) is 4.31. The highest BCUT2D eigenvalue weighted by molar-refractivity contribution is 5.95. The number of benzene rings is 1. The molecule has 3 rings (SSSR count). The van der Waals surface area contributed by atoms with Crippen LogP contribution in [0, 0.1) is 11.8 Å². The van der Waals surface area contributed by atoms with Gasteiger partial charge in [-0.1, -0.05) is 76.8 Å². The summed E-state index contributed by atoms with van der Waals surface area (Å²) >= 11 is 0. The zero-order valence-corrected chi connectivity index (χ0v) is 15.3. The first-order valence-electron chi connectivity index (χ1n) is 9.70. The number of carbonyl (C=O) groups excluding carboxylic acids is 2. The maximum Gasteiger partial charge on any atom is 0.417 e. The van der Waals surface area contributed by atoms with Crippen LogP contribution in [0.5, 0.6) is 0 Å². The Morgan fingerprint density at radius 3 is 2.46 bits per heavy atom. The van der Waals surface area contributed by atoms with Gasteiger partial charge in [0.05, 0.1) is 6.04 Å². The average Bonchev–Trinajstić information content (AvgIpc) is 2.95. The van der Waals surface area contributed by atoms with Gasteiger partial charge in [-0.25, -0.2) is 9.69 Å². The summed E-state index contributed by atoms with van der Waals surface area (Å²) in [6, 6.07) is 9.42. The van der Waals surface area contributed by atoms with Gasteiger partial charge in [-0.3, -0.25) is 4.79 Å². The van der Waals surface area contributed by atoms with Crippen molar-refractivity contribution in [2.24, 2.45) is 11.8 Å². The molecule has 1 saturated heterocycles. The van der Waals surface area contributed by atoms with Gasteiger partial charge in [0.15, 0.2) is 0 Å². The lowest BCUT2D eigenvalue weighted by Gasteiger charge is -2.28. The topological polar surface area (TPSA) is 46.6 Å². The molecule has 2 fully saturated rings. The molecule has 0 bridgehead atoms. The van der Waals surface area contributed by atoms with Gasteiger partial charge < -0.3 is 4.74 Å². The van der Waals surface area contributed by atoms with E-state index in [9.17, 15) is 9.59 Å². The number of amides is 2. The van der Waals surface area contributed by atoms with E-state index in [2.05, 4.69) is 0 Å². The molecule has 0 spiro atoms. The molecule has 3 unspecified atom stereocenters. The Bertz CT molecular complexity index is 595. The minimum absolute atomic E-state index is 0. The van der Waals surface area contributed by atoms with Crippen LogP contribution in [0.3, 0.4) is 0 Å². The number of hydrogen-bond acceptors (Lipinski definition) is 3. The van der Waals surface area contributed by atoms with E-state index < -0.39 is 6.09 Å². The summed E-state index contributed by atoms with van der Waals surface area (Å²) in [4.78, 5) is 26.8. The Morgan fingerprint density at radius 1 is 1.19 bits per heavy atom. The van der Waals surface area contributed by atoms with Gasteiger partial charge in [0.25, 0.3) is 0 Å². The largest absolute Gasteiger partial charge is 0.439 e. The molecule has 1 aliphatic carbocycles. The second kappa shape index (κ2) is 9.20. The number of carbonyl (C=O) groups is 2. The first-order chi connectivity index (χ1) is 12.1. The molecular weight excluding hydrogens is 326 g/mol. The summed E-state index contributed by atoms with van der Waals surface area (Å²) in [5.41, 5.74) is 0.943. The first-order valence-corrected chi connectivity index (χ1v) is 9.70. The smallest absolute Gasteiger partial charge is 0.417 e. The molecule has 0 radical (unpaired) electrons. The van der Waals surface area contributed by atoms with Crippen LogP contribution in [0.4, 0.5) is 4.79 Å². The van der Waals surface area contributed by atoms with Crippen molar-refractivity contribution in [1.82, 2.24) is 4.90 Å². The zero-order valence-electron chi connectivity index (χ0n) is 15.3. The molecule has 2 aliphatic rings. The normalized spacial score (nSPS) is 24.7. The van der Waals surface area contributed by atoms with Crippen molar-refractivity contribution in [1.29, 1.82) is 0 Å². The molecule has 0 N–H and O–H groups in total. The highest BCUT2D eigenvalue weighted by Crippen LogP contribution is 2.36. The van der Waals surface area contributed by atoms with E-state index in [1.807, 2.05) is 44.2 Å². The first kappa shape index (κ1) is 20.5. The molecule has 144 valence electrons. The van der Waals surface area contributed by atoms with Gasteiger partial charge in [0.1, 0.15) is 6.10 Å². The van der Waals surface area contributed by atoms with Crippen molar-refractivity contribution >= 4 is 12.0 Å². The minimum Gasteiger partial charge on any atom is -0.439 e. The number of hydrogen-bond donors (Lipinski definition) is 0. The number of ether oxygens (including phenoxy) is 1. The molecule has 4 heteroatoms. The Balaban J connectivity index is 0.00000243. The maximum atomic E-state index is 13.1. The van der Waals surface area contributed by atoms with E-state index in [-0.39, 0.29) is 31.4 Å². The summed E-state index contributed by atoms with van der Waals surface area (Å²) in [5.74, 6) is 0.498. The maximum absolute atomic E-state index is 13.1. The van der Waals surface area contributed by atoms with Gasteiger partial charge in [-0.05, 0) is 31.2 Å². The molecule has 1 aliphatic heterocycles. The number of imide groups is 1. The lowest BCUT2D eigenvalue weighted by atomic mass is 9.81. The summed E-state index contributed by atoms with van der Waals surface area (Å²) in [6.07, 6.45) is 7.12. The fourth-order valence-corrected chi connectivity index (χ4v) is 4.31. The van der Waals surface area contributed by atoms with E-state index in [0.29, 0.717) is 5.92 Å². The summed E-state index contributed by atoms with van der Waals surface area (Å²) in [5, 5.41) is 0. The summed E-state index contributed by atoms with van der Waals surface area (Å²) < 4.78 is 5.54. The second-order valence-electron chi connectivity index (χ2n) is 7.51. The van der Waals surface area contributed by atoms with Crippen molar-refractivity contribution in [3.8, 4) is 0 Å². The van der Waals surface area contributed by atoms with Crippen LogP contribution in [-0.2, 0) is 9.53 Å². The minimum atomic E-state index is -0.492. The molecule has 0 aromatic heterocycles.